The van der Waals surface area contributed by atoms with Gasteiger partial charge in [-0.2, -0.15) is 4.98 Å². The Balaban J connectivity index is 1.69. The standard InChI is InChI=1S/C18H16N4O5S/c1-11-4-3-5-13(8-11)21-28(24,25)14-6-7-15-16(9-14)26-18(23)22(15)10-17-19-12(2)27-20-17/h3-9,21H,10H2,1-2H3. The first-order valence-electron chi connectivity index (χ1n) is 8.34. The molecule has 10 heteroatoms. The predicted octanol–water partition coefficient (Wildman–Crippen LogP) is 2.44. The number of nitrogens with zero attached hydrogens (tertiary/aromatic N) is 3. The second-order valence-electron chi connectivity index (χ2n) is 6.29. The van der Waals surface area contributed by atoms with Gasteiger partial charge in [-0.15, -0.1) is 0 Å². The Hall–Kier alpha value is -3.40. The van der Waals surface area contributed by atoms with Crippen molar-refractivity contribution in [1.29, 1.82) is 0 Å². The lowest BCUT2D eigenvalue weighted by molar-refractivity contribution is 0.385. The molecule has 0 saturated carbocycles. The molecule has 0 fully saturated rings. The number of fused-ring (bicyclic) bond motifs is 1. The number of hydrogen-bond donors (Lipinski definition) is 1. The summed E-state index contributed by atoms with van der Waals surface area (Å²) in [5.41, 5.74) is 1.96. The fourth-order valence-corrected chi connectivity index (χ4v) is 3.90. The van der Waals surface area contributed by atoms with Crippen molar-refractivity contribution in [3.05, 3.63) is 70.3 Å². The lowest BCUT2D eigenvalue weighted by Crippen LogP contribution is -2.15. The molecule has 0 radical (unpaired) electrons. The van der Waals surface area contributed by atoms with Crippen LogP contribution in [-0.4, -0.2) is 23.1 Å². The number of aromatic nitrogens is 3. The van der Waals surface area contributed by atoms with Gasteiger partial charge in [0.1, 0.15) is 0 Å². The van der Waals surface area contributed by atoms with Crippen molar-refractivity contribution in [2.75, 3.05) is 4.72 Å². The van der Waals surface area contributed by atoms with E-state index >= 15 is 0 Å². The average Bonchev–Trinajstić information content (AvgIpc) is 3.17. The SMILES string of the molecule is Cc1cccc(NS(=O)(=O)c2ccc3c(c2)oc(=O)n3Cc2noc(C)n2)c1. The minimum atomic E-state index is -3.84. The fourth-order valence-electron chi connectivity index (χ4n) is 2.83. The lowest BCUT2D eigenvalue weighted by atomic mass is 10.2. The molecule has 0 spiro atoms. The van der Waals surface area contributed by atoms with E-state index < -0.39 is 15.8 Å². The number of rotatable bonds is 5. The molecule has 0 aliphatic rings. The zero-order chi connectivity index (χ0) is 19.9. The van der Waals surface area contributed by atoms with E-state index in [0.29, 0.717) is 22.9 Å². The number of oxazole rings is 1. The van der Waals surface area contributed by atoms with E-state index in [0.717, 1.165) is 5.56 Å². The van der Waals surface area contributed by atoms with E-state index in [1.165, 1.54) is 22.8 Å². The molecular formula is C18H16N4O5S. The van der Waals surface area contributed by atoms with Gasteiger partial charge >= 0.3 is 5.76 Å². The van der Waals surface area contributed by atoms with Gasteiger partial charge in [-0.3, -0.25) is 9.29 Å². The first-order valence-corrected chi connectivity index (χ1v) is 9.82. The van der Waals surface area contributed by atoms with Crippen LogP contribution in [0.4, 0.5) is 5.69 Å². The van der Waals surface area contributed by atoms with Crippen LogP contribution in [-0.2, 0) is 16.6 Å². The molecule has 2 aromatic heterocycles. The van der Waals surface area contributed by atoms with E-state index in [-0.39, 0.29) is 17.0 Å². The van der Waals surface area contributed by atoms with Gasteiger partial charge in [0.05, 0.1) is 17.0 Å². The highest BCUT2D eigenvalue weighted by atomic mass is 32.2. The Labute approximate surface area is 159 Å². The van der Waals surface area contributed by atoms with E-state index in [1.807, 2.05) is 13.0 Å². The molecule has 0 bridgehead atoms. The molecular weight excluding hydrogens is 384 g/mol. The summed E-state index contributed by atoms with van der Waals surface area (Å²) in [4.78, 5) is 16.2. The third-order valence-electron chi connectivity index (χ3n) is 4.09. The Kier molecular flexibility index (Phi) is 4.27. The fraction of sp³-hybridized carbons (Fsp3) is 0.167. The molecule has 0 unspecified atom stereocenters. The topological polar surface area (TPSA) is 120 Å². The van der Waals surface area contributed by atoms with E-state index in [9.17, 15) is 13.2 Å². The van der Waals surface area contributed by atoms with Crippen molar-refractivity contribution in [2.24, 2.45) is 0 Å². The van der Waals surface area contributed by atoms with Crippen LogP contribution in [0.2, 0.25) is 0 Å². The molecule has 0 saturated heterocycles. The van der Waals surface area contributed by atoms with Crippen LogP contribution in [0.3, 0.4) is 0 Å². The van der Waals surface area contributed by atoms with Crippen LogP contribution in [0, 0.1) is 13.8 Å². The third-order valence-corrected chi connectivity index (χ3v) is 5.47. The summed E-state index contributed by atoms with van der Waals surface area (Å²) >= 11 is 0. The first-order chi connectivity index (χ1) is 13.3. The van der Waals surface area contributed by atoms with Crippen molar-refractivity contribution < 1.29 is 17.4 Å². The number of benzene rings is 2. The van der Waals surface area contributed by atoms with Crippen LogP contribution >= 0.6 is 0 Å². The van der Waals surface area contributed by atoms with Crippen LogP contribution in [0.15, 0.2) is 61.1 Å². The summed E-state index contributed by atoms with van der Waals surface area (Å²) in [6.45, 7) is 3.56. The maximum atomic E-state index is 12.7. The Morgan fingerprint density at radius 3 is 2.68 bits per heavy atom. The van der Waals surface area contributed by atoms with Gasteiger partial charge in [-0.05, 0) is 36.8 Å². The Morgan fingerprint density at radius 2 is 1.96 bits per heavy atom. The monoisotopic (exact) mass is 400 g/mol. The normalized spacial score (nSPS) is 11.8. The average molecular weight is 400 g/mol. The molecule has 0 atom stereocenters. The molecule has 4 aromatic rings. The van der Waals surface area contributed by atoms with Crippen molar-refractivity contribution in [1.82, 2.24) is 14.7 Å². The Morgan fingerprint density at radius 1 is 1.14 bits per heavy atom. The second-order valence-corrected chi connectivity index (χ2v) is 7.97. The number of sulfonamides is 1. The van der Waals surface area contributed by atoms with Crippen LogP contribution in [0.25, 0.3) is 11.1 Å². The quantitative estimate of drug-likeness (QED) is 0.546. The van der Waals surface area contributed by atoms with Gasteiger partial charge in [0.2, 0.25) is 5.89 Å². The lowest BCUT2D eigenvalue weighted by Gasteiger charge is -2.08. The smallest absolute Gasteiger partial charge is 0.408 e. The number of aryl methyl sites for hydroxylation is 2. The van der Waals surface area contributed by atoms with Gasteiger partial charge in [0, 0.05) is 18.7 Å². The highest BCUT2D eigenvalue weighted by molar-refractivity contribution is 7.92. The maximum absolute atomic E-state index is 12.7. The molecule has 28 heavy (non-hydrogen) atoms. The van der Waals surface area contributed by atoms with E-state index in [1.54, 1.807) is 25.1 Å². The molecule has 2 heterocycles. The molecule has 9 nitrogen and oxygen atoms in total. The molecule has 2 aromatic carbocycles. The number of hydrogen-bond acceptors (Lipinski definition) is 7. The molecule has 0 aliphatic heterocycles. The highest BCUT2D eigenvalue weighted by Crippen LogP contribution is 2.22. The van der Waals surface area contributed by atoms with Crippen LogP contribution < -0.4 is 10.5 Å². The largest absolute Gasteiger partial charge is 0.420 e. The molecule has 4 rings (SSSR count). The van der Waals surface area contributed by atoms with Gasteiger partial charge in [0.15, 0.2) is 11.4 Å². The molecule has 144 valence electrons. The summed E-state index contributed by atoms with van der Waals surface area (Å²) < 4.78 is 39.3. The molecule has 0 aliphatic carbocycles. The zero-order valence-corrected chi connectivity index (χ0v) is 15.9. The van der Waals surface area contributed by atoms with Gasteiger partial charge in [-0.1, -0.05) is 17.3 Å². The predicted molar refractivity (Wildman–Crippen MR) is 101 cm³/mol. The minimum absolute atomic E-state index is 0.0159. The van der Waals surface area contributed by atoms with E-state index in [2.05, 4.69) is 14.9 Å². The van der Waals surface area contributed by atoms with Crippen LogP contribution in [0.5, 0.6) is 0 Å². The minimum Gasteiger partial charge on any atom is -0.408 e. The summed E-state index contributed by atoms with van der Waals surface area (Å²) in [6, 6.07) is 11.2. The number of anilines is 1. The molecule has 0 amide bonds. The zero-order valence-electron chi connectivity index (χ0n) is 15.0. The van der Waals surface area contributed by atoms with Crippen molar-refractivity contribution in [3.8, 4) is 0 Å². The highest BCUT2D eigenvalue weighted by Gasteiger charge is 2.19. The second kappa shape index (κ2) is 6.64. The van der Waals surface area contributed by atoms with Crippen molar-refractivity contribution in [2.45, 2.75) is 25.3 Å². The maximum Gasteiger partial charge on any atom is 0.420 e. The van der Waals surface area contributed by atoms with Gasteiger partial charge in [0.25, 0.3) is 10.0 Å². The Bertz CT molecular complexity index is 1330. The van der Waals surface area contributed by atoms with Gasteiger partial charge in [-0.25, -0.2) is 13.2 Å². The number of nitrogens with one attached hydrogen (secondary N) is 1. The first kappa shape index (κ1) is 18.0. The molecule has 1 N–H and O–H groups in total. The summed E-state index contributed by atoms with van der Waals surface area (Å²) in [6.07, 6.45) is 0. The summed E-state index contributed by atoms with van der Waals surface area (Å²) in [7, 11) is -3.84. The van der Waals surface area contributed by atoms with Crippen molar-refractivity contribution in [3.63, 3.8) is 0 Å². The van der Waals surface area contributed by atoms with Crippen molar-refractivity contribution >= 4 is 26.8 Å². The van der Waals surface area contributed by atoms with Gasteiger partial charge < -0.3 is 8.94 Å². The third kappa shape index (κ3) is 3.41. The van der Waals surface area contributed by atoms with E-state index in [4.69, 9.17) is 8.94 Å². The summed E-state index contributed by atoms with van der Waals surface area (Å²) in [5.74, 6) is 0.0604. The summed E-state index contributed by atoms with van der Waals surface area (Å²) in [5, 5.41) is 3.76. The van der Waals surface area contributed by atoms with Crippen LogP contribution in [0.1, 0.15) is 17.3 Å².